The molecule has 0 aromatic heterocycles. The summed E-state index contributed by atoms with van der Waals surface area (Å²) in [5.74, 6) is 0. The lowest BCUT2D eigenvalue weighted by Gasteiger charge is -2.25. The van der Waals surface area contributed by atoms with Gasteiger partial charge in [-0.1, -0.05) is 13.3 Å². The Hall–Kier alpha value is -0.770. The third kappa shape index (κ3) is 5.02. The van der Waals surface area contributed by atoms with Gasteiger partial charge in [0.1, 0.15) is 0 Å². The lowest BCUT2D eigenvalue weighted by molar-refractivity contribution is -0.0297. The molecule has 0 saturated carbocycles. The largest absolute Gasteiger partial charge is 0.422 e. The van der Waals surface area contributed by atoms with Crippen LogP contribution in [0.15, 0.2) is 0 Å². The maximum atomic E-state index is 11.5. The summed E-state index contributed by atoms with van der Waals surface area (Å²) in [5.41, 5.74) is 0. The van der Waals surface area contributed by atoms with Gasteiger partial charge < -0.3 is 14.4 Å². The molecule has 1 amide bonds. The number of likely N-dealkylation sites (tertiary alicyclic amines) is 1. The van der Waals surface area contributed by atoms with Crippen LogP contribution in [0.5, 0.6) is 0 Å². The third-order valence-corrected chi connectivity index (χ3v) is 2.52. The van der Waals surface area contributed by atoms with Crippen molar-refractivity contribution in [3.8, 4) is 0 Å². The highest BCUT2D eigenvalue weighted by Crippen LogP contribution is 2.09. The smallest absolute Gasteiger partial charge is 0.411 e. The van der Waals surface area contributed by atoms with Crippen LogP contribution in [0.1, 0.15) is 39.0 Å². The van der Waals surface area contributed by atoms with Crippen LogP contribution in [0.4, 0.5) is 4.79 Å². The van der Waals surface area contributed by atoms with E-state index in [1.165, 1.54) is 6.42 Å². The number of carbonyl (C=O) groups is 1. The van der Waals surface area contributed by atoms with Gasteiger partial charge in [0.25, 0.3) is 0 Å². The fourth-order valence-corrected chi connectivity index (χ4v) is 1.57. The zero-order valence-corrected chi connectivity index (χ0v) is 9.54. The average Bonchev–Trinajstić information content (AvgIpc) is 2.30. The van der Waals surface area contributed by atoms with Crippen LogP contribution in [0, 0.1) is 0 Å². The summed E-state index contributed by atoms with van der Waals surface area (Å²) in [6, 6.07) is 0. The van der Waals surface area contributed by atoms with Gasteiger partial charge in [0.2, 0.25) is 0 Å². The number of unbranched alkanes of at least 4 members (excludes halogenated alkanes) is 1. The highest BCUT2D eigenvalue weighted by molar-refractivity contribution is 5.67. The normalized spacial score (nSPS) is 16.5. The molecule has 4 heteroatoms. The molecule has 0 radical (unpaired) electrons. The summed E-state index contributed by atoms with van der Waals surface area (Å²) in [5, 5.41) is 0. The molecule has 0 aromatic rings. The van der Waals surface area contributed by atoms with Gasteiger partial charge in [-0.05, 0) is 25.7 Å². The number of nitrogens with zero attached hydrogens (tertiary/aromatic N) is 1. The van der Waals surface area contributed by atoms with Gasteiger partial charge in [0, 0.05) is 13.1 Å². The summed E-state index contributed by atoms with van der Waals surface area (Å²) in [4.78, 5) is 13.2. The van der Waals surface area contributed by atoms with Crippen LogP contribution < -0.4 is 0 Å². The minimum atomic E-state index is -0.230. The number of amides is 1. The molecule has 1 saturated heterocycles. The molecule has 0 unspecified atom stereocenters. The second-order valence-corrected chi connectivity index (χ2v) is 3.84. The molecule has 1 aliphatic heterocycles. The molecule has 1 rings (SSSR count). The minimum absolute atomic E-state index is 0.0926. The predicted molar refractivity (Wildman–Crippen MR) is 57.6 cm³/mol. The van der Waals surface area contributed by atoms with Gasteiger partial charge in [0.15, 0.2) is 6.79 Å². The Bertz CT molecular complexity index is 179. The van der Waals surface area contributed by atoms with E-state index in [9.17, 15) is 4.79 Å². The fourth-order valence-electron chi connectivity index (χ4n) is 1.57. The van der Waals surface area contributed by atoms with Gasteiger partial charge in [0.05, 0.1) is 6.61 Å². The zero-order valence-electron chi connectivity index (χ0n) is 9.54. The molecule has 1 aliphatic rings. The van der Waals surface area contributed by atoms with Crippen molar-refractivity contribution < 1.29 is 14.3 Å². The third-order valence-electron chi connectivity index (χ3n) is 2.52. The number of piperidine rings is 1. The maximum absolute atomic E-state index is 11.5. The second-order valence-electron chi connectivity index (χ2n) is 3.84. The summed E-state index contributed by atoms with van der Waals surface area (Å²) in [6.07, 6.45) is 5.28. The highest BCUT2D eigenvalue weighted by atomic mass is 16.7. The Balaban J connectivity index is 2.02. The predicted octanol–water partition coefficient (Wildman–Crippen LogP) is 2.38. The van der Waals surface area contributed by atoms with Crippen LogP contribution >= 0.6 is 0 Å². The number of rotatable bonds is 5. The summed E-state index contributed by atoms with van der Waals surface area (Å²) >= 11 is 0. The standard InChI is InChI=1S/C11H21NO3/c1-2-3-9-14-10-15-11(13)12-7-5-4-6-8-12/h2-10H2,1H3. The Labute approximate surface area is 91.5 Å². The quantitative estimate of drug-likeness (QED) is 0.522. The molecule has 1 heterocycles. The van der Waals surface area contributed by atoms with Crippen LogP contribution in [0.25, 0.3) is 0 Å². The monoisotopic (exact) mass is 215 g/mol. The van der Waals surface area contributed by atoms with E-state index < -0.39 is 0 Å². The first-order chi connectivity index (χ1) is 7.34. The molecule has 0 N–H and O–H groups in total. The molecule has 1 fully saturated rings. The van der Waals surface area contributed by atoms with Crippen LogP contribution in [0.3, 0.4) is 0 Å². The van der Waals surface area contributed by atoms with Crippen molar-refractivity contribution in [1.82, 2.24) is 4.90 Å². The first-order valence-electron chi connectivity index (χ1n) is 5.84. The molecule has 0 aliphatic carbocycles. The molecule has 0 aromatic carbocycles. The van der Waals surface area contributed by atoms with E-state index in [0.29, 0.717) is 6.61 Å². The minimum Gasteiger partial charge on any atom is -0.422 e. The Morgan fingerprint density at radius 2 is 2.00 bits per heavy atom. The van der Waals surface area contributed by atoms with Gasteiger partial charge in [-0.2, -0.15) is 0 Å². The zero-order chi connectivity index (χ0) is 10.9. The Morgan fingerprint density at radius 3 is 2.67 bits per heavy atom. The molecular formula is C11H21NO3. The van der Waals surface area contributed by atoms with Crippen LogP contribution in [-0.2, 0) is 9.47 Å². The number of hydrogen-bond donors (Lipinski definition) is 0. The van der Waals surface area contributed by atoms with E-state index in [2.05, 4.69) is 6.92 Å². The molecule has 0 atom stereocenters. The number of hydrogen-bond acceptors (Lipinski definition) is 3. The van der Waals surface area contributed by atoms with E-state index in [-0.39, 0.29) is 12.9 Å². The molecule has 88 valence electrons. The van der Waals surface area contributed by atoms with Gasteiger partial charge >= 0.3 is 6.09 Å². The van der Waals surface area contributed by atoms with Gasteiger partial charge in [-0.15, -0.1) is 0 Å². The van der Waals surface area contributed by atoms with Crippen molar-refractivity contribution >= 4 is 6.09 Å². The molecule has 0 bridgehead atoms. The van der Waals surface area contributed by atoms with Crippen LogP contribution in [-0.4, -0.2) is 37.5 Å². The van der Waals surface area contributed by atoms with E-state index >= 15 is 0 Å². The summed E-state index contributed by atoms with van der Waals surface area (Å²) in [7, 11) is 0. The van der Waals surface area contributed by atoms with E-state index in [0.717, 1.165) is 38.8 Å². The SMILES string of the molecule is CCCCOCOC(=O)N1CCCCC1. The number of carbonyl (C=O) groups excluding carboxylic acids is 1. The van der Waals surface area contributed by atoms with Crippen LogP contribution in [0.2, 0.25) is 0 Å². The van der Waals surface area contributed by atoms with E-state index in [1.54, 1.807) is 4.90 Å². The first-order valence-corrected chi connectivity index (χ1v) is 5.84. The highest BCUT2D eigenvalue weighted by Gasteiger charge is 2.17. The van der Waals surface area contributed by atoms with Crippen molar-refractivity contribution in [2.75, 3.05) is 26.5 Å². The second kappa shape index (κ2) is 7.51. The van der Waals surface area contributed by atoms with Crippen molar-refractivity contribution in [1.29, 1.82) is 0 Å². The average molecular weight is 215 g/mol. The Morgan fingerprint density at radius 1 is 1.27 bits per heavy atom. The van der Waals surface area contributed by atoms with E-state index in [4.69, 9.17) is 9.47 Å². The Kier molecular flexibility index (Phi) is 6.16. The molecule has 15 heavy (non-hydrogen) atoms. The van der Waals surface area contributed by atoms with Gasteiger partial charge in [-0.3, -0.25) is 0 Å². The molecule has 0 spiro atoms. The van der Waals surface area contributed by atoms with Crippen molar-refractivity contribution in [2.24, 2.45) is 0 Å². The maximum Gasteiger partial charge on any atom is 0.411 e. The van der Waals surface area contributed by atoms with Crippen molar-refractivity contribution in [3.05, 3.63) is 0 Å². The number of ether oxygens (including phenoxy) is 2. The fraction of sp³-hybridized carbons (Fsp3) is 0.909. The van der Waals surface area contributed by atoms with Crippen molar-refractivity contribution in [2.45, 2.75) is 39.0 Å². The van der Waals surface area contributed by atoms with Gasteiger partial charge in [-0.25, -0.2) is 4.79 Å². The molecule has 4 nitrogen and oxygen atoms in total. The summed E-state index contributed by atoms with van der Waals surface area (Å²) in [6.45, 7) is 4.52. The van der Waals surface area contributed by atoms with E-state index in [1.807, 2.05) is 0 Å². The first kappa shape index (κ1) is 12.3. The summed E-state index contributed by atoms with van der Waals surface area (Å²) < 4.78 is 10.2. The lowest BCUT2D eigenvalue weighted by Crippen LogP contribution is -2.36. The lowest BCUT2D eigenvalue weighted by atomic mass is 10.1. The molecular weight excluding hydrogens is 194 g/mol. The topological polar surface area (TPSA) is 38.8 Å². The van der Waals surface area contributed by atoms with Crippen molar-refractivity contribution in [3.63, 3.8) is 0 Å².